The summed E-state index contributed by atoms with van der Waals surface area (Å²) in [5, 5.41) is 8.73. The van der Waals surface area contributed by atoms with Crippen LogP contribution in [0, 0.1) is 6.92 Å². The van der Waals surface area contributed by atoms with E-state index in [1.807, 2.05) is 37.8 Å². The summed E-state index contributed by atoms with van der Waals surface area (Å²) in [6.07, 6.45) is 0.639. The van der Waals surface area contributed by atoms with Crippen molar-refractivity contribution in [2.75, 3.05) is 11.4 Å². The number of carbonyl (C=O) groups excluding carboxylic acids is 1. The van der Waals surface area contributed by atoms with E-state index in [4.69, 9.17) is 10.8 Å². The van der Waals surface area contributed by atoms with Crippen LogP contribution in [0.2, 0.25) is 0 Å². The van der Waals surface area contributed by atoms with Crippen molar-refractivity contribution in [1.82, 2.24) is 0 Å². The zero-order valence-electron chi connectivity index (χ0n) is 12.2. The summed E-state index contributed by atoms with van der Waals surface area (Å²) in [5.74, 6) is -1.28. The fourth-order valence-corrected chi connectivity index (χ4v) is 2.15. The summed E-state index contributed by atoms with van der Waals surface area (Å²) in [6, 6.07) is 5.64. The number of aliphatic carboxylic acids is 1. The molecule has 1 aromatic rings. The van der Waals surface area contributed by atoms with Crippen LogP contribution in [-0.4, -0.2) is 29.6 Å². The second-order valence-electron chi connectivity index (χ2n) is 5.17. The number of aryl methyl sites for hydroxylation is 1. The molecule has 0 saturated carbocycles. The third-order valence-corrected chi connectivity index (χ3v) is 3.14. The average Bonchev–Trinajstić information content (AvgIpc) is 2.33. The highest BCUT2D eigenvalue weighted by molar-refractivity contribution is 5.98. The van der Waals surface area contributed by atoms with Crippen LogP contribution in [0.5, 0.6) is 0 Å². The van der Waals surface area contributed by atoms with Crippen molar-refractivity contribution >= 4 is 17.6 Å². The van der Waals surface area contributed by atoms with E-state index in [2.05, 4.69) is 0 Å². The van der Waals surface area contributed by atoms with Crippen LogP contribution in [0.15, 0.2) is 18.2 Å². The van der Waals surface area contributed by atoms with Gasteiger partial charge in [0.1, 0.15) is 0 Å². The quantitative estimate of drug-likeness (QED) is 0.800. The number of rotatable bonds is 7. The summed E-state index contributed by atoms with van der Waals surface area (Å²) in [5.41, 5.74) is 7.70. The molecule has 0 aliphatic heterocycles. The molecule has 0 bridgehead atoms. The Morgan fingerprint density at radius 3 is 2.50 bits per heavy atom. The van der Waals surface area contributed by atoms with Crippen molar-refractivity contribution in [3.8, 4) is 0 Å². The minimum atomic E-state index is -0.812. The lowest BCUT2D eigenvalue weighted by Gasteiger charge is -2.30. The number of benzene rings is 1. The van der Waals surface area contributed by atoms with E-state index in [0.717, 1.165) is 11.3 Å². The Bertz CT molecular complexity index is 498. The molecule has 0 unspecified atom stereocenters. The second-order valence-corrected chi connectivity index (χ2v) is 5.17. The van der Waals surface area contributed by atoms with E-state index >= 15 is 0 Å². The number of nitrogens with zero attached hydrogens (tertiary/aromatic N) is 1. The third kappa shape index (κ3) is 4.26. The Morgan fingerprint density at radius 1 is 1.35 bits per heavy atom. The van der Waals surface area contributed by atoms with Crippen LogP contribution >= 0.6 is 0 Å². The lowest BCUT2D eigenvalue weighted by atomic mass is 10.1. The molecule has 110 valence electrons. The van der Waals surface area contributed by atoms with Crippen LogP contribution in [0.25, 0.3) is 0 Å². The van der Waals surface area contributed by atoms with Gasteiger partial charge in [0.15, 0.2) is 0 Å². The van der Waals surface area contributed by atoms with Crippen LogP contribution in [-0.2, 0) is 4.79 Å². The summed E-state index contributed by atoms with van der Waals surface area (Å²) in [4.78, 5) is 24.2. The molecule has 0 atom stereocenters. The smallest absolute Gasteiger partial charge is 0.303 e. The van der Waals surface area contributed by atoms with E-state index in [9.17, 15) is 9.59 Å². The zero-order valence-corrected chi connectivity index (χ0v) is 12.2. The Hall–Kier alpha value is -2.04. The minimum absolute atomic E-state index is 0.112. The Balaban J connectivity index is 3.04. The van der Waals surface area contributed by atoms with Crippen molar-refractivity contribution in [1.29, 1.82) is 0 Å². The number of nitrogens with two attached hydrogens (primary N) is 1. The van der Waals surface area contributed by atoms with Crippen molar-refractivity contribution in [3.05, 3.63) is 29.3 Å². The van der Waals surface area contributed by atoms with Crippen LogP contribution < -0.4 is 10.6 Å². The second kappa shape index (κ2) is 6.93. The van der Waals surface area contributed by atoms with Gasteiger partial charge in [0.25, 0.3) is 5.91 Å². The maximum atomic E-state index is 11.5. The maximum Gasteiger partial charge on any atom is 0.303 e. The highest BCUT2D eigenvalue weighted by Crippen LogP contribution is 2.24. The molecule has 0 spiro atoms. The average molecular weight is 278 g/mol. The van der Waals surface area contributed by atoms with Crippen LogP contribution in [0.4, 0.5) is 5.69 Å². The van der Waals surface area contributed by atoms with Gasteiger partial charge >= 0.3 is 5.97 Å². The van der Waals surface area contributed by atoms with Crippen LogP contribution in [0.1, 0.15) is 42.6 Å². The van der Waals surface area contributed by atoms with Crippen molar-refractivity contribution in [2.45, 2.75) is 39.7 Å². The normalized spacial score (nSPS) is 10.6. The molecule has 20 heavy (non-hydrogen) atoms. The number of amides is 1. The molecule has 1 amide bonds. The van der Waals surface area contributed by atoms with Gasteiger partial charge in [-0.3, -0.25) is 9.59 Å². The minimum Gasteiger partial charge on any atom is -0.481 e. The van der Waals surface area contributed by atoms with E-state index in [0.29, 0.717) is 18.5 Å². The van der Waals surface area contributed by atoms with Crippen molar-refractivity contribution in [3.63, 3.8) is 0 Å². The SMILES string of the molecule is Cc1ccc(C(N)=O)c(N(CCCC(=O)O)C(C)C)c1. The van der Waals surface area contributed by atoms with E-state index in [-0.39, 0.29) is 12.5 Å². The maximum absolute atomic E-state index is 11.5. The van der Waals surface area contributed by atoms with Gasteiger partial charge in [-0.25, -0.2) is 0 Å². The summed E-state index contributed by atoms with van der Waals surface area (Å²) < 4.78 is 0. The lowest BCUT2D eigenvalue weighted by molar-refractivity contribution is -0.137. The standard InChI is InChI=1S/C15H22N2O3/c1-10(2)17(8-4-5-14(18)19)13-9-11(3)6-7-12(13)15(16)20/h6-7,9-10H,4-5,8H2,1-3H3,(H2,16,20)(H,18,19). The molecule has 1 rings (SSSR count). The van der Waals surface area contributed by atoms with Gasteiger partial charge in [0, 0.05) is 24.7 Å². The van der Waals surface area contributed by atoms with Gasteiger partial charge in [-0.1, -0.05) is 6.07 Å². The van der Waals surface area contributed by atoms with Crippen LogP contribution in [0.3, 0.4) is 0 Å². The molecule has 0 radical (unpaired) electrons. The topological polar surface area (TPSA) is 83.6 Å². The predicted molar refractivity (Wildman–Crippen MR) is 79.0 cm³/mol. The summed E-state index contributed by atoms with van der Waals surface area (Å²) in [7, 11) is 0. The lowest BCUT2D eigenvalue weighted by Crippen LogP contribution is -2.34. The Morgan fingerprint density at radius 2 is 2.00 bits per heavy atom. The molecule has 0 aromatic heterocycles. The molecular weight excluding hydrogens is 256 g/mol. The van der Waals surface area contributed by atoms with Gasteiger partial charge in [-0.2, -0.15) is 0 Å². The summed E-state index contributed by atoms with van der Waals surface area (Å²) in [6.45, 7) is 6.54. The van der Waals surface area contributed by atoms with Gasteiger partial charge in [0.2, 0.25) is 0 Å². The van der Waals surface area contributed by atoms with E-state index in [1.165, 1.54) is 0 Å². The Labute approximate surface area is 119 Å². The predicted octanol–water partition coefficient (Wildman–Crippen LogP) is 2.17. The number of primary amides is 1. The first-order chi connectivity index (χ1) is 9.32. The molecule has 5 heteroatoms. The van der Waals surface area contributed by atoms with Gasteiger partial charge in [0.05, 0.1) is 5.56 Å². The molecule has 0 heterocycles. The fraction of sp³-hybridized carbons (Fsp3) is 0.467. The Kier molecular flexibility index (Phi) is 5.55. The highest BCUT2D eigenvalue weighted by Gasteiger charge is 2.17. The van der Waals surface area contributed by atoms with Gasteiger partial charge in [-0.05, 0) is 44.9 Å². The number of hydrogen-bond acceptors (Lipinski definition) is 3. The third-order valence-electron chi connectivity index (χ3n) is 3.14. The molecular formula is C15H22N2O3. The molecule has 5 nitrogen and oxygen atoms in total. The number of carboxylic acid groups (broad SMARTS) is 1. The number of carbonyl (C=O) groups is 2. The number of carboxylic acids is 1. The molecule has 0 fully saturated rings. The molecule has 0 saturated heterocycles. The largest absolute Gasteiger partial charge is 0.481 e. The monoisotopic (exact) mass is 278 g/mol. The fourth-order valence-electron chi connectivity index (χ4n) is 2.15. The van der Waals surface area contributed by atoms with Crippen molar-refractivity contribution in [2.24, 2.45) is 5.73 Å². The molecule has 0 aliphatic carbocycles. The first-order valence-electron chi connectivity index (χ1n) is 6.71. The van der Waals surface area contributed by atoms with Gasteiger partial charge in [-0.15, -0.1) is 0 Å². The number of anilines is 1. The summed E-state index contributed by atoms with van der Waals surface area (Å²) >= 11 is 0. The molecule has 3 N–H and O–H groups in total. The highest BCUT2D eigenvalue weighted by atomic mass is 16.4. The molecule has 1 aromatic carbocycles. The van der Waals surface area contributed by atoms with E-state index in [1.54, 1.807) is 6.07 Å². The van der Waals surface area contributed by atoms with E-state index < -0.39 is 11.9 Å². The number of hydrogen-bond donors (Lipinski definition) is 2. The zero-order chi connectivity index (χ0) is 15.3. The first kappa shape index (κ1) is 16.0. The first-order valence-corrected chi connectivity index (χ1v) is 6.71. The van der Waals surface area contributed by atoms with Crippen molar-refractivity contribution < 1.29 is 14.7 Å². The molecule has 0 aliphatic rings. The van der Waals surface area contributed by atoms with Gasteiger partial charge < -0.3 is 15.7 Å².